The molecule has 166 valence electrons. The van der Waals surface area contributed by atoms with Gasteiger partial charge in [0, 0.05) is 23.4 Å². The second kappa shape index (κ2) is 8.24. The zero-order chi connectivity index (χ0) is 23.2. The van der Waals surface area contributed by atoms with Gasteiger partial charge >= 0.3 is 0 Å². The smallest absolute Gasteiger partial charge is 0.293 e. The van der Waals surface area contributed by atoms with Crippen LogP contribution >= 0.6 is 11.8 Å². The summed E-state index contributed by atoms with van der Waals surface area (Å²) in [4.78, 5) is 29.3. The number of amides is 2. The molecule has 0 unspecified atom stereocenters. The van der Waals surface area contributed by atoms with Crippen LogP contribution in [0.4, 0.5) is 14.9 Å². The van der Waals surface area contributed by atoms with Crippen molar-refractivity contribution in [2.24, 2.45) is 0 Å². The molecule has 0 aliphatic carbocycles. The molecule has 2 aliphatic rings. The SMILES string of the molecule is CCN1c2cc(C)c(/C=C3/SC(=O)N(Cc4ccccc4F)C3=O)cc2C(C)=CC1(C)C. The highest BCUT2D eigenvalue weighted by Gasteiger charge is 2.36. The van der Waals surface area contributed by atoms with Gasteiger partial charge in [0.15, 0.2) is 0 Å². The zero-order valence-electron chi connectivity index (χ0n) is 19.0. The van der Waals surface area contributed by atoms with Gasteiger partial charge < -0.3 is 4.90 Å². The molecule has 4 rings (SSSR count). The van der Waals surface area contributed by atoms with Gasteiger partial charge in [-0.2, -0.15) is 0 Å². The number of thioether (sulfide) groups is 1. The van der Waals surface area contributed by atoms with Crippen LogP contribution in [-0.4, -0.2) is 28.1 Å². The average molecular weight is 451 g/mol. The molecule has 2 amide bonds. The first-order chi connectivity index (χ1) is 15.1. The Morgan fingerprint density at radius 3 is 2.53 bits per heavy atom. The quantitative estimate of drug-likeness (QED) is 0.506. The first kappa shape index (κ1) is 22.3. The third-order valence-corrected chi connectivity index (χ3v) is 7.04. The number of rotatable bonds is 4. The minimum atomic E-state index is -0.424. The molecule has 2 aromatic rings. The van der Waals surface area contributed by atoms with Gasteiger partial charge in [0.2, 0.25) is 0 Å². The van der Waals surface area contributed by atoms with Crippen molar-refractivity contribution in [3.05, 3.63) is 75.5 Å². The highest BCUT2D eigenvalue weighted by atomic mass is 32.2. The fourth-order valence-electron chi connectivity index (χ4n) is 4.55. The van der Waals surface area contributed by atoms with Gasteiger partial charge in [-0.25, -0.2) is 4.39 Å². The molecule has 0 saturated carbocycles. The molecule has 2 heterocycles. The summed E-state index contributed by atoms with van der Waals surface area (Å²) in [5.74, 6) is -0.810. The number of carbonyl (C=O) groups excluding carboxylic acids is 2. The molecule has 6 heteroatoms. The predicted octanol–water partition coefficient (Wildman–Crippen LogP) is 6.39. The van der Waals surface area contributed by atoms with Crippen LogP contribution in [0.3, 0.4) is 0 Å². The van der Waals surface area contributed by atoms with Gasteiger partial charge in [0.1, 0.15) is 5.82 Å². The highest BCUT2D eigenvalue weighted by Crippen LogP contribution is 2.41. The molecule has 32 heavy (non-hydrogen) atoms. The topological polar surface area (TPSA) is 40.6 Å². The van der Waals surface area contributed by atoms with E-state index in [2.05, 4.69) is 50.8 Å². The Morgan fingerprint density at radius 2 is 1.84 bits per heavy atom. The van der Waals surface area contributed by atoms with Crippen molar-refractivity contribution >= 4 is 40.2 Å². The molecule has 0 radical (unpaired) electrons. The Kier molecular flexibility index (Phi) is 5.76. The molecule has 4 nitrogen and oxygen atoms in total. The highest BCUT2D eigenvalue weighted by molar-refractivity contribution is 8.18. The first-order valence-electron chi connectivity index (χ1n) is 10.7. The minimum absolute atomic E-state index is 0.0692. The number of carbonyl (C=O) groups is 2. The van der Waals surface area contributed by atoms with Crippen molar-refractivity contribution in [2.45, 2.75) is 46.7 Å². The van der Waals surface area contributed by atoms with Gasteiger partial charge in [-0.15, -0.1) is 0 Å². The number of allylic oxidation sites excluding steroid dienone is 1. The molecule has 0 N–H and O–H groups in total. The van der Waals surface area contributed by atoms with Crippen LogP contribution in [0.25, 0.3) is 11.6 Å². The van der Waals surface area contributed by atoms with Gasteiger partial charge in [0.05, 0.1) is 17.0 Å². The van der Waals surface area contributed by atoms with Crippen molar-refractivity contribution in [2.75, 3.05) is 11.4 Å². The van der Waals surface area contributed by atoms with Gasteiger partial charge in [-0.05, 0) is 87.4 Å². The van der Waals surface area contributed by atoms with Crippen molar-refractivity contribution in [3.8, 4) is 0 Å². The van der Waals surface area contributed by atoms with Crippen LogP contribution in [0.2, 0.25) is 0 Å². The summed E-state index contributed by atoms with van der Waals surface area (Å²) in [6.45, 7) is 11.5. The van der Waals surface area contributed by atoms with Crippen molar-refractivity contribution in [1.29, 1.82) is 0 Å². The maximum atomic E-state index is 14.0. The van der Waals surface area contributed by atoms with Crippen LogP contribution in [0.5, 0.6) is 0 Å². The lowest BCUT2D eigenvalue weighted by molar-refractivity contribution is -0.123. The third kappa shape index (κ3) is 3.88. The molecule has 2 aromatic carbocycles. The van der Waals surface area contributed by atoms with E-state index in [1.807, 2.05) is 6.92 Å². The van der Waals surface area contributed by atoms with E-state index >= 15 is 0 Å². The molecule has 1 saturated heterocycles. The summed E-state index contributed by atoms with van der Waals surface area (Å²) < 4.78 is 14.0. The second-order valence-electron chi connectivity index (χ2n) is 8.81. The van der Waals surface area contributed by atoms with Crippen molar-refractivity contribution in [1.82, 2.24) is 4.90 Å². The van der Waals surface area contributed by atoms with E-state index in [1.165, 1.54) is 17.3 Å². The fraction of sp³-hybridized carbons (Fsp3) is 0.308. The van der Waals surface area contributed by atoms with E-state index in [0.29, 0.717) is 10.5 Å². The number of likely N-dealkylation sites (N-methyl/N-ethyl adjacent to an activating group) is 1. The Balaban J connectivity index is 1.68. The Morgan fingerprint density at radius 1 is 1.12 bits per heavy atom. The van der Waals surface area contributed by atoms with E-state index in [9.17, 15) is 14.0 Å². The van der Waals surface area contributed by atoms with Crippen molar-refractivity contribution in [3.63, 3.8) is 0 Å². The van der Waals surface area contributed by atoms with E-state index in [1.54, 1.807) is 24.3 Å². The minimum Gasteiger partial charge on any atom is -0.363 e. The number of hydrogen-bond acceptors (Lipinski definition) is 4. The van der Waals surface area contributed by atoms with Crippen molar-refractivity contribution < 1.29 is 14.0 Å². The predicted molar refractivity (Wildman–Crippen MR) is 130 cm³/mol. The number of halogens is 1. The van der Waals surface area contributed by atoms with Crippen LogP contribution in [0.15, 0.2) is 47.4 Å². The summed E-state index contributed by atoms with van der Waals surface area (Å²) in [5.41, 5.74) is 5.70. The van der Waals surface area contributed by atoms with Crippen LogP contribution in [-0.2, 0) is 11.3 Å². The molecule has 0 aromatic heterocycles. The zero-order valence-corrected chi connectivity index (χ0v) is 19.8. The molecular formula is C26H27FN2O2S. The molecular weight excluding hydrogens is 423 g/mol. The fourth-order valence-corrected chi connectivity index (χ4v) is 5.38. The average Bonchev–Trinajstić information content (AvgIpc) is 2.98. The summed E-state index contributed by atoms with van der Waals surface area (Å²) in [7, 11) is 0. The molecule has 0 bridgehead atoms. The van der Waals surface area contributed by atoms with Gasteiger partial charge in [-0.1, -0.05) is 24.3 Å². The van der Waals surface area contributed by atoms with Crippen LogP contribution in [0.1, 0.15) is 49.9 Å². The molecule has 0 atom stereocenters. The Hall–Kier alpha value is -2.86. The Labute approximate surface area is 192 Å². The lowest BCUT2D eigenvalue weighted by Crippen LogP contribution is -2.44. The number of aryl methyl sites for hydroxylation is 1. The normalized spacial score (nSPS) is 18.9. The summed E-state index contributed by atoms with van der Waals surface area (Å²) >= 11 is 0.904. The molecule has 1 fully saturated rings. The summed E-state index contributed by atoms with van der Waals surface area (Å²) in [5, 5.41) is -0.380. The van der Waals surface area contributed by atoms with E-state index in [0.717, 1.165) is 39.9 Å². The van der Waals surface area contributed by atoms with E-state index < -0.39 is 5.82 Å². The lowest BCUT2D eigenvalue weighted by atomic mass is 9.87. The second-order valence-corrected chi connectivity index (χ2v) is 9.80. The van der Waals surface area contributed by atoms with E-state index in [4.69, 9.17) is 0 Å². The van der Waals surface area contributed by atoms with E-state index in [-0.39, 0.29) is 23.2 Å². The number of fused-ring (bicyclic) bond motifs is 1. The van der Waals surface area contributed by atoms with Crippen LogP contribution in [0, 0.1) is 12.7 Å². The number of hydrogen-bond donors (Lipinski definition) is 0. The Bertz CT molecular complexity index is 1180. The third-order valence-electron chi connectivity index (χ3n) is 6.13. The van der Waals surface area contributed by atoms with Gasteiger partial charge in [-0.3, -0.25) is 14.5 Å². The largest absolute Gasteiger partial charge is 0.363 e. The number of anilines is 1. The molecule has 2 aliphatic heterocycles. The van der Waals surface area contributed by atoms with Gasteiger partial charge in [0.25, 0.3) is 11.1 Å². The maximum Gasteiger partial charge on any atom is 0.293 e. The molecule has 0 spiro atoms. The number of benzene rings is 2. The number of imide groups is 1. The summed E-state index contributed by atoms with van der Waals surface area (Å²) in [6, 6.07) is 10.5. The van der Waals surface area contributed by atoms with Crippen LogP contribution < -0.4 is 4.90 Å². The monoisotopic (exact) mass is 450 g/mol. The summed E-state index contributed by atoms with van der Waals surface area (Å²) in [6.07, 6.45) is 4.05. The standard InChI is InChI=1S/C26H27FN2O2S/c1-6-29-22-11-16(2)19(12-20(22)17(3)14-26(29,4)5)13-23-24(30)28(25(31)32-23)15-18-9-7-8-10-21(18)27/h7-14H,6,15H2,1-5H3/b23-13+. The number of nitrogens with zero attached hydrogens (tertiary/aromatic N) is 2. The first-order valence-corrected chi connectivity index (χ1v) is 11.5. The lowest BCUT2D eigenvalue weighted by Gasteiger charge is -2.43. The maximum absolute atomic E-state index is 14.0.